The van der Waals surface area contributed by atoms with Crippen molar-refractivity contribution in [2.45, 2.75) is 54.4 Å². The molecule has 1 N–H and O–H groups in total. The number of hydrogen-bond donors (Lipinski definition) is 1. The number of aliphatic hydroxyl groups is 1. The maximum atomic E-state index is 9.30. The van der Waals surface area contributed by atoms with E-state index in [1.807, 2.05) is 0 Å². The molecule has 0 amide bonds. The third kappa shape index (κ3) is 4.12. The van der Waals surface area contributed by atoms with Gasteiger partial charge in [0.15, 0.2) is 0 Å². The first-order valence-electron chi connectivity index (χ1n) is 5.36. The van der Waals surface area contributed by atoms with E-state index in [2.05, 4.69) is 41.5 Å². The molecule has 0 fully saturated rings. The third-order valence-corrected chi connectivity index (χ3v) is 3.51. The average Bonchev–Trinajstić information content (AvgIpc) is 2.02. The summed E-state index contributed by atoms with van der Waals surface area (Å²) in [7, 11) is 0. The molecule has 1 nitrogen and oxygen atoms in total. The molecule has 0 spiro atoms. The van der Waals surface area contributed by atoms with Crippen LogP contribution in [0.25, 0.3) is 0 Å². The monoisotopic (exact) mass is 186 g/mol. The van der Waals surface area contributed by atoms with Gasteiger partial charge in [0.1, 0.15) is 0 Å². The Balaban J connectivity index is 4.25. The van der Waals surface area contributed by atoms with Crippen LogP contribution in [0.3, 0.4) is 0 Å². The average molecular weight is 186 g/mol. The van der Waals surface area contributed by atoms with Gasteiger partial charge in [-0.2, -0.15) is 0 Å². The van der Waals surface area contributed by atoms with Crippen LogP contribution in [0.1, 0.15) is 54.4 Å². The first kappa shape index (κ1) is 13.0. The molecule has 2 unspecified atom stereocenters. The summed E-state index contributed by atoms with van der Waals surface area (Å²) in [5.74, 6) is 0.657. The Morgan fingerprint density at radius 2 is 1.62 bits per heavy atom. The minimum absolute atomic E-state index is 0.118. The van der Waals surface area contributed by atoms with Gasteiger partial charge in [-0.15, -0.1) is 0 Å². The van der Waals surface area contributed by atoms with E-state index in [4.69, 9.17) is 0 Å². The molecule has 0 bridgehead atoms. The van der Waals surface area contributed by atoms with E-state index >= 15 is 0 Å². The summed E-state index contributed by atoms with van der Waals surface area (Å²) in [5, 5.41) is 9.30. The van der Waals surface area contributed by atoms with Gasteiger partial charge in [0, 0.05) is 6.61 Å². The highest BCUT2D eigenvalue weighted by molar-refractivity contribution is 4.79. The van der Waals surface area contributed by atoms with Gasteiger partial charge in [-0.1, -0.05) is 41.5 Å². The summed E-state index contributed by atoms with van der Waals surface area (Å²) >= 11 is 0. The van der Waals surface area contributed by atoms with Crippen molar-refractivity contribution in [3.05, 3.63) is 0 Å². The molecule has 13 heavy (non-hydrogen) atoms. The fourth-order valence-electron chi connectivity index (χ4n) is 1.37. The van der Waals surface area contributed by atoms with Crippen LogP contribution in [-0.2, 0) is 0 Å². The van der Waals surface area contributed by atoms with Crippen LogP contribution in [0.2, 0.25) is 0 Å². The van der Waals surface area contributed by atoms with Crippen molar-refractivity contribution in [3.63, 3.8) is 0 Å². The second-order valence-corrected chi connectivity index (χ2v) is 5.79. The summed E-state index contributed by atoms with van der Waals surface area (Å²) in [5.41, 5.74) is 0.471. The molecule has 0 aromatic carbocycles. The summed E-state index contributed by atoms with van der Waals surface area (Å²) in [6, 6.07) is 0. The van der Waals surface area contributed by atoms with Gasteiger partial charge in [0.05, 0.1) is 0 Å². The summed E-state index contributed by atoms with van der Waals surface area (Å²) < 4.78 is 0. The molecule has 0 saturated heterocycles. The van der Waals surface area contributed by atoms with Crippen molar-refractivity contribution in [1.82, 2.24) is 0 Å². The van der Waals surface area contributed by atoms with Crippen molar-refractivity contribution in [1.29, 1.82) is 0 Å². The van der Waals surface area contributed by atoms with Gasteiger partial charge in [-0.3, -0.25) is 0 Å². The van der Waals surface area contributed by atoms with E-state index in [0.717, 1.165) is 12.8 Å². The molecule has 0 aliphatic heterocycles. The predicted molar refractivity (Wildman–Crippen MR) is 58.7 cm³/mol. The standard InChI is InChI=1S/C12H26O/c1-7-12(6,9-13)8-10(2)11(3,4)5/h10,13H,7-9H2,1-6H3. The van der Waals surface area contributed by atoms with E-state index in [0.29, 0.717) is 17.9 Å². The number of aliphatic hydroxyl groups excluding tert-OH is 1. The van der Waals surface area contributed by atoms with Crippen LogP contribution < -0.4 is 0 Å². The highest BCUT2D eigenvalue weighted by Crippen LogP contribution is 2.37. The summed E-state index contributed by atoms with van der Waals surface area (Å²) in [6.45, 7) is 13.7. The van der Waals surface area contributed by atoms with Crippen LogP contribution in [-0.4, -0.2) is 11.7 Å². The first-order valence-corrected chi connectivity index (χ1v) is 5.36. The van der Waals surface area contributed by atoms with E-state index in [1.165, 1.54) is 0 Å². The fraction of sp³-hybridized carbons (Fsp3) is 1.00. The maximum Gasteiger partial charge on any atom is 0.0484 e. The minimum atomic E-state index is 0.118. The molecule has 0 aliphatic carbocycles. The zero-order valence-corrected chi connectivity index (χ0v) is 10.1. The van der Waals surface area contributed by atoms with Gasteiger partial charge in [0.25, 0.3) is 0 Å². The first-order chi connectivity index (χ1) is 5.75. The summed E-state index contributed by atoms with van der Waals surface area (Å²) in [4.78, 5) is 0. The maximum absolute atomic E-state index is 9.30. The zero-order chi connectivity index (χ0) is 10.7. The topological polar surface area (TPSA) is 20.2 Å². The van der Waals surface area contributed by atoms with Crippen LogP contribution in [0.5, 0.6) is 0 Å². The predicted octanol–water partition coefficient (Wildman–Crippen LogP) is 3.47. The van der Waals surface area contributed by atoms with Crippen molar-refractivity contribution < 1.29 is 5.11 Å². The lowest BCUT2D eigenvalue weighted by atomic mass is 9.71. The van der Waals surface area contributed by atoms with Gasteiger partial charge in [-0.25, -0.2) is 0 Å². The normalized spacial score (nSPS) is 19.6. The van der Waals surface area contributed by atoms with Crippen LogP contribution in [0.4, 0.5) is 0 Å². The molecule has 0 rings (SSSR count). The highest BCUT2D eigenvalue weighted by Gasteiger charge is 2.29. The summed E-state index contributed by atoms with van der Waals surface area (Å²) in [6.07, 6.45) is 2.17. The Morgan fingerprint density at radius 1 is 1.15 bits per heavy atom. The van der Waals surface area contributed by atoms with Gasteiger partial charge in [0.2, 0.25) is 0 Å². The second kappa shape index (κ2) is 4.45. The molecule has 2 atom stereocenters. The Kier molecular flexibility index (Phi) is 4.44. The molecule has 0 aromatic heterocycles. The van der Waals surface area contributed by atoms with E-state index in [-0.39, 0.29) is 5.41 Å². The molecule has 0 heterocycles. The van der Waals surface area contributed by atoms with E-state index in [1.54, 1.807) is 0 Å². The molecule has 1 heteroatoms. The van der Waals surface area contributed by atoms with Gasteiger partial charge < -0.3 is 5.11 Å². The molecule has 0 aromatic rings. The Morgan fingerprint density at radius 3 is 1.85 bits per heavy atom. The second-order valence-electron chi connectivity index (χ2n) is 5.79. The molecule has 80 valence electrons. The molecule has 0 radical (unpaired) electrons. The van der Waals surface area contributed by atoms with Crippen molar-refractivity contribution in [2.24, 2.45) is 16.7 Å². The molecular weight excluding hydrogens is 160 g/mol. The van der Waals surface area contributed by atoms with Crippen LogP contribution >= 0.6 is 0 Å². The highest BCUT2D eigenvalue weighted by atomic mass is 16.3. The quantitative estimate of drug-likeness (QED) is 0.713. The molecule has 0 aliphatic rings. The Labute approximate surface area is 83.5 Å². The fourth-order valence-corrected chi connectivity index (χ4v) is 1.37. The minimum Gasteiger partial charge on any atom is -0.396 e. The molecule has 0 saturated carbocycles. The van der Waals surface area contributed by atoms with E-state index < -0.39 is 0 Å². The lowest BCUT2D eigenvalue weighted by Crippen LogP contribution is -2.28. The SMILES string of the molecule is CCC(C)(CO)CC(C)C(C)(C)C. The van der Waals surface area contributed by atoms with Crippen LogP contribution in [0.15, 0.2) is 0 Å². The lowest BCUT2D eigenvalue weighted by molar-refractivity contribution is 0.0827. The van der Waals surface area contributed by atoms with E-state index in [9.17, 15) is 5.11 Å². The number of rotatable bonds is 4. The smallest absolute Gasteiger partial charge is 0.0484 e. The van der Waals surface area contributed by atoms with Crippen molar-refractivity contribution in [2.75, 3.05) is 6.61 Å². The van der Waals surface area contributed by atoms with Gasteiger partial charge in [-0.05, 0) is 29.6 Å². The van der Waals surface area contributed by atoms with Crippen molar-refractivity contribution >= 4 is 0 Å². The Bertz CT molecular complexity index is 140. The van der Waals surface area contributed by atoms with Gasteiger partial charge >= 0.3 is 0 Å². The van der Waals surface area contributed by atoms with Crippen LogP contribution in [0, 0.1) is 16.7 Å². The molecular formula is C12H26O. The third-order valence-electron chi connectivity index (χ3n) is 3.51. The number of hydrogen-bond acceptors (Lipinski definition) is 1. The zero-order valence-electron chi connectivity index (χ0n) is 10.1. The van der Waals surface area contributed by atoms with Crippen molar-refractivity contribution in [3.8, 4) is 0 Å². The lowest BCUT2D eigenvalue weighted by Gasteiger charge is -2.35. The largest absolute Gasteiger partial charge is 0.396 e. The Hall–Kier alpha value is -0.0400.